The summed E-state index contributed by atoms with van der Waals surface area (Å²) in [6.45, 7) is 0. The number of nitriles is 1. The number of rotatable bonds is 3. The van der Waals surface area contributed by atoms with Crippen molar-refractivity contribution in [2.45, 2.75) is 43.7 Å². The minimum atomic E-state index is -0.489. The van der Waals surface area contributed by atoms with E-state index in [1.807, 2.05) is 6.07 Å². The molecule has 0 radical (unpaired) electrons. The third-order valence-corrected chi connectivity index (χ3v) is 6.55. The van der Waals surface area contributed by atoms with Gasteiger partial charge < -0.3 is 15.4 Å². The van der Waals surface area contributed by atoms with Crippen molar-refractivity contribution >= 4 is 22.6 Å². The molecule has 3 unspecified atom stereocenters. The van der Waals surface area contributed by atoms with E-state index in [1.54, 1.807) is 12.4 Å². The molecule has 4 bridgehead atoms. The van der Waals surface area contributed by atoms with Gasteiger partial charge in [-0.2, -0.15) is 5.26 Å². The molecule has 0 saturated heterocycles. The lowest BCUT2D eigenvalue weighted by Gasteiger charge is -2.58. The van der Waals surface area contributed by atoms with Crippen LogP contribution in [0.3, 0.4) is 0 Å². The Morgan fingerprint density at radius 3 is 2.81 bits per heavy atom. The molecular weight excluding hydrogens is 330 g/mol. The van der Waals surface area contributed by atoms with E-state index >= 15 is 0 Å². The Balaban J connectivity index is 1.53. The second-order valence-corrected chi connectivity index (χ2v) is 8.22. The van der Waals surface area contributed by atoms with Crippen LogP contribution in [0.5, 0.6) is 0 Å². The summed E-state index contributed by atoms with van der Waals surface area (Å²) in [7, 11) is 0. The summed E-state index contributed by atoms with van der Waals surface area (Å²) in [6.07, 6.45) is 9.89. The summed E-state index contributed by atoms with van der Waals surface area (Å²) in [6, 6.07) is 2.14. The van der Waals surface area contributed by atoms with Crippen LogP contribution in [0.4, 0.5) is 5.69 Å². The van der Waals surface area contributed by atoms with E-state index in [4.69, 9.17) is 5.26 Å². The molecule has 134 valence electrons. The zero-order chi connectivity index (χ0) is 17.9. The van der Waals surface area contributed by atoms with E-state index in [1.165, 1.54) is 6.20 Å². The van der Waals surface area contributed by atoms with Crippen LogP contribution in [0.1, 0.15) is 42.5 Å². The van der Waals surface area contributed by atoms with Crippen LogP contribution < -0.4 is 10.6 Å². The Labute approximate surface area is 150 Å². The Kier molecular flexibility index (Phi) is 3.28. The topological polar surface area (TPSA) is 114 Å². The number of fused-ring (bicyclic) bond motifs is 1. The lowest BCUT2D eigenvalue weighted by atomic mass is 9.52. The van der Waals surface area contributed by atoms with Crippen LogP contribution in [0.15, 0.2) is 18.5 Å². The summed E-state index contributed by atoms with van der Waals surface area (Å²) in [5.74, 6) is 1.01. The Morgan fingerprint density at radius 2 is 2.12 bits per heavy atom. The van der Waals surface area contributed by atoms with Gasteiger partial charge in [0.25, 0.3) is 5.91 Å². The third-order valence-electron chi connectivity index (χ3n) is 6.55. The molecule has 4 fully saturated rings. The highest BCUT2D eigenvalue weighted by atomic mass is 16.3. The molecule has 4 N–H and O–H groups in total. The number of nitrogens with zero attached hydrogens (tertiary/aromatic N) is 2. The minimum Gasteiger partial charge on any atom is -0.390 e. The fraction of sp³-hybridized carbons (Fsp3) is 0.526. The van der Waals surface area contributed by atoms with Crippen molar-refractivity contribution in [2.75, 3.05) is 5.32 Å². The van der Waals surface area contributed by atoms with Gasteiger partial charge in [0.2, 0.25) is 0 Å². The summed E-state index contributed by atoms with van der Waals surface area (Å²) >= 11 is 0. The first-order chi connectivity index (χ1) is 12.6. The number of pyridine rings is 1. The van der Waals surface area contributed by atoms with Crippen LogP contribution >= 0.6 is 0 Å². The maximum absolute atomic E-state index is 12.4. The average Bonchev–Trinajstić information content (AvgIpc) is 3.05. The van der Waals surface area contributed by atoms with Crippen LogP contribution in [-0.4, -0.2) is 32.6 Å². The van der Waals surface area contributed by atoms with E-state index in [0.29, 0.717) is 29.0 Å². The lowest BCUT2D eigenvalue weighted by molar-refractivity contribution is -0.129. The van der Waals surface area contributed by atoms with Gasteiger partial charge in [0.05, 0.1) is 16.9 Å². The minimum absolute atomic E-state index is 0.237. The zero-order valence-corrected chi connectivity index (χ0v) is 14.3. The molecule has 26 heavy (non-hydrogen) atoms. The first-order valence-corrected chi connectivity index (χ1v) is 9.21. The van der Waals surface area contributed by atoms with Crippen molar-refractivity contribution in [3.63, 3.8) is 0 Å². The Bertz CT molecular complexity index is 914. The van der Waals surface area contributed by atoms with Gasteiger partial charge in [-0.15, -0.1) is 0 Å². The van der Waals surface area contributed by atoms with E-state index in [9.17, 15) is 9.90 Å². The highest BCUT2D eigenvalue weighted by molar-refractivity contribution is 6.07. The number of aromatic nitrogens is 2. The highest BCUT2D eigenvalue weighted by Crippen LogP contribution is 2.56. The van der Waals surface area contributed by atoms with Crippen LogP contribution in [-0.2, 0) is 0 Å². The zero-order valence-electron chi connectivity index (χ0n) is 14.3. The summed E-state index contributed by atoms with van der Waals surface area (Å²) < 4.78 is 0. The van der Waals surface area contributed by atoms with Gasteiger partial charge in [-0.25, -0.2) is 4.98 Å². The number of hydrogen-bond donors (Lipinski definition) is 4. The number of hydrogen-bond acceptors (Lipinski definition) is 5. The lowest BCUT2D eigenvalue weighted by Crippen LogP contribution is -2.59. The van der Waals surface area contributed by atoms with Crippen molar-refractivity contribution in [1.29, 1.82) is 5.26 Å². The fourth-order valence-corrected chi connectivity index (χ4v) is 5.84. The van der Waals surface area contributed by atoms with Crippen molar-refractivity contribution in [3.05, 3.63) is 24.0 Å². The predicted molar refractivity (Wildman–Crippen MR) is 95.1 cm³/mol. The largest absolute Gasteiger partial charge is 0.390 e. The van der Waals surface area contributed by atoms with E-state index in [0.717, 1.165) is 43.2 Å². The van der Waals surface area contributed by atoms with Gasteiger partial charge in [-0.3, -0.25) is 10.1 Å². The predicted octanol–water partition coefficient (Wildman–Crippen LogP) is 2.13. The molecule has 4 aliphatic rings. The number of carbonyl (C=O) groups is 1. The van der Waals surface area contributed by atoms with Gasteiger partial charge in [-0.1, -0.05) is 0 Å². The highest BCUT2D eigenvalue weighted by Gasteiger charge is 2.54. The molecule has 2 aromatic heterocycles. The molecule has 0 aliphatic heterocycles. The maximum atomic E-state index is 12.4. The van der Waals surface area contributed by atoms with Gasteiger partial charge in [0, 0.05) is 23.8 Å². The number of aliphatic hydroxyl groups is 1. The number of H-pyrrole nitrogens is 1. The first-order valence-electron chi connectivity index (χ1n) is 9.21. The van der Waals surface area contributed by atoms with Crippen LogP contribution in [0, 0.1) is 29.2 Å². The van der Waals surface area contributed by atoms with E-state index in [2.05, 4.69) is 20.6 Å². The molecule has 6 rings (SSSR count). The molecule has 5 atom stereocenters. The second kappa shape index (κ2) is 5.45. The second-order valence-electron chi connectivity index (χ2n) is 8.22. The number of nitrogens with one attached hydrogen (secondary N) is 3. The van der Waals surface area contributed by atoms with Crippen LogP contribution in [0.2, 0.25) is 0 Å². The number of anilines is 1. The van der Waals surface area contributed by atoms with Crippen molar-refractivity contribution < 1.29 is 9.90 Å². The molecule has 4 aliphatic carbocycles. The molecule has 2 heterocycles. The normalized spacial score (nSPS) is 34.6. The van der Waals surface area contributed by atoms with Gasteiger partial charge in [0.15, 0.2) is 6.19 Å². The average molecular weight is 351 g/mol. The third kappa shape index (κ3) is 2.29. The number of carbonyl (C=O) groups excluding carboxylic acids is 1. The number of aromatic amines is 1. The number of amides is 1. The first kappa shape index (κ1) is 15.6. The molecule has 0 spiro atoms. The van der Waals surface area contributed by atoms with E-state index < -0.39 is 11.5 Å². The molecule has 7 heteroatoms. The quantitative estimate of drug-likeness (QED) is 0.500. The standard InChI is InChI=1S/C19H21N5O2/c20-9-23-18(25)14-8-22-17-13(1-2-21-17)16(14)24-15-11-3-10-4-12(15)7-19(26,5-10)6-11/h1-2,8,10-12,15,26H,3-7H2,(H,23,25)(H2,21,22,24)/t10?,11-,12+,15?,19?. The SMILES string of the molecule is N#CNC(=O)c1cnc2[nH]ccc2c1NC1[C@@H]2CC3C[C@H]1CC(O)(C3)C2. The van der Waals surface area contributed by atoms with Gasteiger partial charge in [-0.05, 0) is 55.9 Å². The summed E-state index contributed by atoms with van der Waals surface area (Å²) in [4.78, 5) is 19.7. The Morgan fingerprint density at radius 1 is 1.35 bits per heavy atom. The molecule has 7 nitrogen and oxygen atoms in total. The van der Waals surface area contributed by atoms with Crippen molar-refractivity contribution in [3.8, 4) is 6.19 Å². The van der Waals surface area contributed by atoms with E-state index in [-0.39, 0.29) is 6.04 Å². The molecule has 1 amide bonds. The molecular formula is C19H21N5O2. The van der Waals surface area contributed by atoms with Crippen molar-refractivity contribution in [1.82, 2.24) is 15.3 Å². The smallest absolute Gasteiger partial charge is 0.267 e. The van der Waals surface area contributed by atoms with Gasteiger partial charge >= 0.3 is 0 Å². The van der Waals surface area contributed by atoms with Gasteiger partial charge in [0.1, 0.15) is 5.65 Å². The monoisotopic (exact) mass is 351 g/mol. The van der Waals surface area contributed by atoms with Crippen molar-refractivity contribution in [2.24, 2.45) is 17.8 Å². The molecule has 4 saturated carbocycles. The maximum Gasteiger partial charge on any atom is 0.267 e. The molecule has 0 aromatic carbocycles. The fourth-order valence-electron chi connectivity index (χ4n) is 5.84. The summed E-state index contributed by atoms with van der Waals surface area (Å²) in [5, 5.41) is 26.3. The molecule has 2 aromatic rings. The summed E-state index contributed by atoms with van der Waals surface area (Å²) in [5.41, 5.74) is 1.33. The van der Waals surface area contributed by atoms with Crippen LogP contribution in [0.25, 0.3) is 11.0 Å². The Hall–Kier alpha value is -2.59.